The van der Waals surface area contributed by atoms with E-state index in [-0.39, 0.29) is 6.61 Å². The predicted molar refractivity (Wildman–Crippen MR) is 91.2 cm³/mol. The Morgan fingerprint density at radius 2 is 0.762 bits per heavy atom. The molecule has 0 atom stereocenters. The van der Waals surface area contributed by atoms with Crippen LogP contribution in [-0.2, 0) is 4.94 Å². The maximum absolute atomic E-state index is 11.4. The fraction of sp³-hybridized carbons (Fsp3) is 1.00. The highest BCUT2D eigenvalue weighted by Crippen LogP contribution is 2.13. The van der Waals surface area contributed by atoms with Crippen LogP contribution in [0.25, 0.3) is 0 Å². The van der Waals surface area contributed by atoms with Gasteiger partial charge in [0.2, 0.25) is 0 Å². The standard InChI is InChI=1S/C19H39FO/c1-2-3-4-5-6-7-8-9-10-11-12-13-14-15-16-17-18-19-21-20/h2-19H2,1H3. The molecule has 21 heavy (non-hydrogen) atoms. The molecule has 0 saturated carbocycles. The van der Waals surface area contributed by atoms with E-state index < -0.39 is 0 Å². The first-order chi connectivity index (χ1) is 10.4. The van der Waals surface area contributed by atoms with Gasteiger partial charge in [0.1, 0.15) is 0 Å². The van der Waals surface area contributed by atoms with Gasteiger partial charge in [0, 0.05) is 0 Å². The summed E-state index contributed by atoms with van der Waals surface area (Å²) in [6.45, 7) is 2.56. The molecule has 0 fully saturated rings. The van der Waals surface area contributed by atoms with E-state index in [9.17, 15) is 4.53 Å². The summed E-state index contributed by atoms with van der Waals surface area (Å²) in [5, 5.41) is 0. The van der Waals surface area contributed by atoms with Gasteiger partial charge >= 0.3 is 0 Å². The molecule has 0 aliphatic rings. The maximum Gasteiger partial charge on any atom is 0.0876 e. The van der Waals surface area contributed by atoms with Crippen LogP contribution in [0.5, 0.6) is 0 Å². The Morgan fingerprint density at radius 1 is 0.476 bits per heavy atom. The Bertz CT molecular complexity index is 155. The van der Waals surface area contributed by atoms with Crippen molar-refractivity contribution >= 4 is 0 Å². The van der Waals surface area contributed by atoms with Crippen LogP contribution in [0.3, 0.4) is 0 Å². The van der Waals surface area contributed by atoms with Gasteiger partial charge in [-0.05, 0) is 10.9 Å². The minimum absolute atomic E-state index is 0.276. The number of halogens is 1. The van der Waals surface area contributed by atoms with Gasteiger partial charge in [0.05, 0.1) is 6.61 Å². The van der Waals surface area contributed by atoms with Crippen LogP contribution in [0.2, 0.25) is 0 Å². The molecule has 0 aliphatic carbocycles. The van der Waals surface area contributed by atoms with E-state index >= 15 is 0 Å². The van der Waals surface area contributed by atoms with Crippen LogP contribution in [0.4, 0.5) is 4.53 Å². The van der Waals surface area contributed by atoms with Crippen molar-refractivity contribution in [1.29, 1.82) is 0 Å². The lowest BCUT2D eigenvalue weighted by Crippen LogP contribution is -1.86. The van der Waals surface area contributed by atoms with Crippen LogP contribution in [0.1, 0.15) is 116 Å². The minimum Gasteiger partial charge on any atom is -0.194 e. The minimum atomic E-state index is 0.276. The van der Waals surface area contributed by atoms with Crippen LogP contribution < -0.4 is 0 Å². The summed E-state index contributed by atoms with van der Waals surface area (Å²) in [6, 6.07) is 0. The van der Waals surface area contributed by atoms with E-state index in [2.05, 4.69) is 11.9 Å². The molecule has 0 N–H and O–H groups in total. The molecule has 0 heterocycles. The van der Waals surface area contributed by atoms with Gasteiger partial charge in [0.25, 0.3) is 0 Å². The Balaban J connectivity index is 2.90. The maximum atomic E-state index is 11.4. The smallest absolute Gasteiger partial charge is 0.0876 e. The van der Waals surface area contributed by atoms with Gasteiger partial charge in [-0.15, -0.1) is 0 Å². The average molecular weight is 303 g/mol. The largest absolute Gasteiger partial charge is 0.194 e. The van der Waals surface area contributed by atoms with E-state index in [4.69, 9.17) is 0 Å². The third-order valence-electron chi connectivity index (χ3n) is 4.33. The Kier molecular flexibility index (Phi) is 19.8. The van der Waals surface area contributed by atoms with Crippen molar-refractivity contribution < 1.29 is 9.47 Å². The molecule has 2 heteroatoms. The molecular weight excluding hydrogens is 263 g/mol. The lowest BCUT2D eigenvalue weighted by Gasteiger charge is -2.03. The molecule has 0 unspecified atom stereocenters. The molecular formula is C19H39FO. The van der Waals surface area contributed by atoms with Crippen LogP contribution in [0.15, 0.2) is 0 Å². The van der Waals surface area contributed by atoms with Gasteiger partial charge in [-0.1, -0.05) is 110 Å². The van der Waals surface area contributed by atoms with Crippen molar-refractivity contribution in [2.24, 2.45) is 0 Å². The highest BCUT2D eigenvalue weighted by Gasteiger charge is 1.94. The summed E-state index contributed by atoms with van der Waals surface area (Å²) >= 11 is 0. The first-order valence-electron chi connectivity index (χ1n) is 9.65. The van der Waals surface area contributed by atoms with Crippen molar-refractivity contribution in [3.05, 3.63) is 0 Å². The van der Waals surface area contributed by atoms with Crippen molar-refractivity contribution in [1.82, 2.24) is 0 Å². The lowest BCUT2D eigenvalue weighted by atomic mass is 10.0. The van der Waals surface area contributed by atoms with Crippen LogP contribution in [0, 0.1) is 0 Å². The monoisotopic (exact) mass is 302 g/mol. The zero-order valence-electron chi connectivity index (χ0n) is 14.5. The highest BCUT2D eigenvalue weighted by molar-refractivity contribution is 4.50. The predicted octanol–water partition coefficient (Wildman–Crippen LogP) is 7.54. The Labute approximate surface area is 132 Å². The molecule has 0 aliphatic heterocycles. The summed E-state index contributed by atoms with van der Waals surface area (Å²) < 4.78 is 11.4. The van der Waals surface area contributed by atoms with E-state index in [1.54, 1.807) is 0 Å². The molecule has 0 aromatic carbocycles. The second-order valence-corrected chi connectivity index (χ2v) is 6.47. The normalized spacial score (nSPS) is 11.1. The summed E-state index contributed by atoms with van der Waals surface area (Å²) in [4.78, 5) is 3.57. The Morgan fingerprint density at radius 3 is 1.05 bits per heavy atom. The fourth-order valence-corrected chi connectivity index (χ4v) is 2.88. The lowest BCUT2D eigenvalue weighted by molar-refractivity contribution is -0.133. The summed E-state index contributed by atoms with van der Waals surface area (Å²) in [7, 11) is 0. The van der Waals surface area contributed by atoms with Crippen LogP contribution in [-0.4, -0.2) is 6.61 Å². The van der Waals surface area contributed by atoms with Gasteiger partial charge in [0.15, 0.2) is 0 Å². The SMILES string of the molecule is CCCCCCCCCCCCCCCCCCCOF. The second-order valence-electron chi connectivity index (χ2n) is 6.47. The van der Waals surface area contributed by atoms with Gasteiger partial charge in [-0.25, -0.2) is 0 Å². The molecule has 1 nitrogen and oxygen atoms in total. The van der Waals surface area contributed by atoms with Gasteiger partial charge in [-0.2, -0.15) is 4.94 Å². The van der Waals surface area contributed by atoms with E-state index in [1.807, 2.05) is 0 Å². The van der Waals surface area contributed by atoms with Crippen molar-refractivity contribution in [2.45, 2.75) is 116 Å². The number of rotatable bonds is 18. The molecule has 0 aromatic heterocycles. The zero-order valence-corrected chi connectivity index (χ0v) is 14.5. The molecule has 0 amide bonds. The second kappa shape index (κ2) is 19.9. The summed E-state index contributed by atoms with van der Waals surface area (Å²) in [5.74, 6) is 0. The third-order valence-corrected chi connectivity index (χ3v) is 4.33. The van der Waals surface area contributed by atoms with E-state index in [0.717, 1.165) is 12.8 Å². The van der Waals surface area contributed by atoms with Crippen molar-refractivity contribution in [2.75, 3.05) is 6.61 Å². The molecule has 0 spiro atoms. The highest BCUT2D eigenvalue weighted by atomic mass is 19.3. The fourth-order valence-electron chi connectivity index (χ4n) is 2.88. The molecule has 0 saturated heterocycles. The third kappa shape index (κ3) is 19.9. The molecule has 0 aromatic rings. The average Bonchev–Trinajstić information content (AvgIpc) is 2.50. The first-order valence-corrected chi connectivity index (χ1v) is 9.65. The topological polar surface area (TPSA) is 9.23 Å². The van der Waals surface area contributed by atoms with Crippen molar-refractivity contribution in [3.63, 3.8) is 0 Å². The van der Waals surface area contributed by atoms with E-state index in [0.29, 0.717) is 0 Å². The van der Waals surface area contributed by atoms with Crippen molar-refractivity contribution in [3.8, 4) is 0 Å². The van der Waals surface area contributed by atoms with Gasteiger partial charge in [-0.3, -0.25) is 0 Å². The zero-order chi connectivity index (χ0) is 15.4. The number of unbranched alkanes of at least 4 members (excludes halogenated alkanes) is 16. The molecule has 0 bridgehead atoms. The number of hydrogen-bond acceptors (Lipinski definition) is 1. The first kappa shape index (κ1) is 20.9. The molecule has 0 radical (unpaired) electrons. The van der Waals surface area contributed by atoms with Crippen LogP contribution >= 0.6 is 0 Å². The molecule has 0 rings (SSSR count). The number of hydrogen-bond donors (Lipinski definition) is 0. The van der Waals surface area contributed by atoms with Gasteiger partial charge < -0.3 is 0 Å². The summed E-state index contributed by atoms with van der Waals surface area (Å²) in [5.41, 5.74) is 0. The summed E-state index contributed by atoms with van der Waals surface area (Å²) in [6.07, 6.45) is 23.0. The Hall–Kier alpha value is -0.110. The quantitative estimate of drug-likeness (QED) is 0.238. The molecule has 128 valence electrons. The van der Waals surface area contributed by atoms with E-state index in [1.165, 1.54) is 96.3 Å².